The largest absolute Gasteiger partial charge is 0.530 e. The molecule has 0 amide bonds. The topological polar surface area (TPSA) is 100 Å². The number of benzene rings is 6. The second kappa shape index (κ2) is 31.5. The van der Waals surface area contributed by atoms with Crippen molar-refractivity contribution in [3.05, 3.63) is 182 Å². The first kappa shape index (κ1) is 48.6. The van der Waals surface area contributed by atoms with Crippen LogP contribution in [-0.4, -0.2) is 26.6 Å². The molecule has 304 valence electrons. The van der Waals surface area contributed by atoms with E-state index in [0.717, 1.165) is 0 Å². The van der Waals surface area contributed by atoms with Crippen molar-refractivity contribution in [3.8, 4) is 34.5 Å². The summed E-state index contributed by atoms with van der Waals surface area (Å²) < 4.78 is 50.5. The fraction of sp³-hybridized carbons (Fsp3) is 0.140. The van der Waals surface area contributed by atoms with Gasteiger partial charge in [0.1, 0.15) is 41.3 Å². The molecule has 0 fully saturated rings. The number of carbonyl (C=O) groups is 1. The molecule has 0 aliphatic rings. The molecule has 6 aromatic carbocycles. The molecule has 0 aliphatic carbocycles. The molecular formula is C43H47NiO10P3. The standard InChI is InChI=1S/2C18H15O3P.C6H15O3P.CH2O.Ni/c2*1-4-10-16(11-5-1)19-22(20-17-12-6-2-7-13-17)21-18-14-8-3-9-15-18;1-4-7-10(8-5-2)9-6-3;1-2;/h2*1-15H;4-6H2,1-3H3;1H2;. The van der Waals surface area contributed by atoms with Crippen LogP contribution < -0.4 is 27.1 Å². The summed E-state index contributed by atoms with van der Waals surface area (Å²) in [5, 5.41) is 0. The SMILES string of the molecule is C=O.CCOP(OCC)OCC.[Ni].c1ccc(OP(Oc2ccccc2)Oc2ccccc2)cc1.c1ccc(OP(Oc2ccccc2)Oc2ccccc2)cc1. The normalized spacial score (nSPS) is 9.86. The van der Waals surface area contributed by atoms with E-state index >= 15 is 0 Å². The van der Waals surface area contributed by atoms with Gasteiger partial charge in [-0.25, -0.2) is 0 Å². The maximum Gasteiger partial charge on any atom is 0.530 e. The molecule has 0 saturated heterocycles. The molecule has 0 aliphatic heterocycles. The zero-order valence-corrected chi connectivity index (χ0v) is 35.6. The number of carbonyl (C=O) groups excluding carboxylic acids is 1. The van der Waals surface area contributed by atoms with E-state index in [1.54, 1.807) is 0 Å². The van der Waals surface area contributed by atoms with Gasteiger partial charge in [0.15, 0.2) is 0 Å². The fourth-order valence-electron chi connectivity index (χ4n) is 3.94. The summed E-state index contributed by atoms with van der Waals surface area (Å²) in [6, 6.07) is 57.0. The number of hydrogen-bond donors (Lipinski definition) is 0. The first-order valence-electron chi connectivity index (χ1n) is 17.6. The Morgan fingerprint density at radius 2 is 0.474 bits per heavy atom. The van der Waals surface area contributed by atoms with Crippen LogP contribution in [0.2, 0.25) is 0 Å². The van der Waals surface area contributed by atoms with Gasteiger partial charge in [-0.3, -0.25) is 0 Å². The molecule has 0 spiro atoms. The first-order chi connectivity index (χ1) is 27.6. The predicted molar refractivity (Wildman–Crippen MR) is 225 cm³/mol. The molecule has 14 heteroatoms. The van der Waals surface area contributed by atoms with E-state index in [1.165, 1.54) is 0 Å². The number of para-hydroxylation sites is 6. The van der Waals surface area contributed by atoms with Crippen molar-refractivity contribution in [1.82, 2.24) is 0 Å². The van der Waals surface area contributed by atoms with Crippen LogP contribution in [0.1, 0.15) is 20.8 Å². The molecule has 0 atom stereocenters. The summed E-state index contributed by atoms with van der Waals surface area (Å²) in [5.74, 6) is 4.25. The average Bonchev–Trinajstić information content (AvgIpc) is 3.25. The smallest absolute Gasteiger partial charge is 0.409 e. The summed E-state index contributed by atoms with van der Waals surface area (Å²) in [4.78, 5) is 8.00. The zero-order chi connectivity index (χ0) is 39.9. The minimum absolute atomic E-state index is 0. The Bertz CT molecular complexity index is 1460. The Hall–Kier alpha value is -4.55. The van der Waals surface area contributed by atoms with Gasteiger partial charge in [-0.05, 0) is 93.6 Å². The first-order valence-corrected chi connectivity index (χ1v) is 20.9. The fourth-order valence-corrected chi connectivity index (χ4v) is 6.79. The summed E-state index contributed by atoms with van der Waals surface area (Å²) in [6.07, 6.45) is 0. The molecule has 0 bridgehead atoms. The van der Waals surface area contributed by atoms with Crippen LogP contribution in [0.4, 0.5) is 0 Å². The van der Waals surface area contributed by atoms with Crippen molar-refractivity contribution >= 4 is 32.6 Å². The van der Waals surface area contributed by atoms with Crippen LogP contribution in [0.25, 0.3) is 0 Å². The molecular weight excluding hydrogens is 828 g/mol. The third-order valence-electron chi connectivity index (χ3n) is 6.24. The van der Waals surface area contributed by atoms with Gasteiger partial charge in [0.05, 0.1) is 19.8 Å². The molecule has 6 aromatic rings. The predicted octanol–water partition coefficient (Wildman–Crippen LogP) is 13.0. The van der Waals surface area contributed by atoms with Crippen molar-refractivity contribution in [2.75, 3.05) is 19.8 Å². The molecule has 6 rings (SSSR count). The van der Waals surface area contributed by atoms with Crippen LogP contribution in [0, 0.1) is 0 Å². The van der Waals surface area contributed by atoms with Gasteiger partial charge in [-0.2, -0.15) is 0 Å². The summed E-state index contributed by atoms with van der Waals surface area (Å²) in [5.41, 5.74) is 0. The van der Waals surface area contributed by atoms with Crippen LogP contribution in [-0.2, 0) is 34.9 Å². The second-order valence-corrected chi connectivity index (χ2v) is 13.6. The van der Waals surface area contributed by atoms with Crippen LogP contribution in [0.15, 0.2) is 182 Å². The molecule has 10 nitrogen and oxygen atoms in total. The molecule has 0 saturated carbocycles. The third kappa shape index (κ3) is 21.5. The van der Waals surface area contributed by atoms with Gasteiger partial charge < -0.3 is 45.5 Å². The molecule has 0 radical (unpaired) electrons. The van der Waals surface area contributed by atoms with Gasteiger partial charge in [0.2, 0.25) is 0 Å². The molecule has 0 unspecified atom stereocenters. The van der Waals surface area contributed by atoms with Gasteiger partial charge in [0.25, 0.3) is 0 Å². The Morgan fingerprint density at radius 3 is 0.614 bits per heavy atom. The molecule has 0 heterocycles. The zero-order valence-electron chi connectivity index (χ0n) is 31.9. The Kier molecular flexibility index (Phi) is 26.9. The Labute approximate surface area is 350 Å². The van der Waals surface area contributed by atoms with Crippen LogP contribution in [0.5, 0.6) is 34.5 Å². The van der Waals surface area contributed by atoms with Gasteiger partial charge >= 0.3 is 25.8 Å². The van der Waals surface area contributed by atoms with Gasteiger partial charge in [0, 0.05) is 16.5 Å². The Balaban J connectivity index is 0.000000306. The molecule has 0 aromatic heterocycles. The Morgan fingerprint density at radius 1 is 0.316 bits per heavy atom. The number of rotatable bonds is 18. The van der Waals surface area contributed by atoms with E-state index < -0.39 is 25.8 Å². The van der Waals surface area contributed by atoms with Crippen molar-refractivity contribution in [3.63, 3.8) is 0 Å². The number of hydrogen-bond acceptors (Lipinski definition) is 10. The van der Waals surface area contributed by atoms with E-state index in [1.807, 2.05) is 210 Å². The third-order valence-corrected chi connectivity index (χ3v) is 9.81. The minimum Gasteiger partial charge on any atom is -0.409 e. The summed E-state index contributed by atoms with van der Waals surface area (Å²) in [6.45, 7) is 9.71. The minimum atomic E-state index is -1.59. The van der Waals surface area contributed by atoms with Crippen molar-refractivity contribution in [2.45, 2.75) is 20.8 Å². The molecule has 0 N–H and O–H groups in total. The van der Waals surface area contributed by atoms with E-state index in [9.17, 15) is 0 Å². The van der Waals surface area contributed by atoms with E-state index in [2.05, 4.69) is 0 Å². The van der Waals surface area contributed by atoms with E-state index in [-0.39, 0.29) is 16.5 Å². The van der Waals surface area contributed by atoms with Crippen LogP contribution in [0.3, 0.4) is 0 Å². The van der Waals surface area contributed by atoms with Gasteiger partial charge in [-0.1, -0.05) is 109 Å². The van der Waals surface area contributed by atoms with Crippen molar-refractivity contribution in [1.29, 1.82) is 0 Å². The van der Waals surface area contributed by atoms with Crippen LogP contribution >= 0.6 is 25.8 Å². The maximum atomic E-state index is 8.00. The second-order valence-electron chi connectivity index (χ2n) is 10.4. The van der Waals surface area contributed by atoms with Crippen molar-refractivity contribution in [2.24, 2.45) is 0 Å². The summed E-state index contributed by atoms with van der Waals surface area (Å²) >= 11 is 0. The molecule has 57 heavy (non-hydrogen) atoms. The average molecular weight is 875 g/mol. The van der Waals surface area contributed by atoms with Crippen molar-refractivity contribution < 1.29 is 62.0 Å². The summed E-state index contributed by atoms with van der Waals surface area (Å²) in [7, 11) is -4.24. The van der Waals surface area contributed by atoms with E-state index in [0.29, 0.717) is 54.3 Å². The van der Waals surface area contributed by atoms with Gasteiger partial charge in [-0.15, -0.1) is 0 Å². The monoisotopic (exact) mass is 874 g/mol. The van der Waals surface area contributed by atoms with E-state index in [4.69, 9.17) is 45.5 Å². The maximum absolute atomic E-state index is 8.00. The quantitative estimate of drug-likeness (QED) is 0.0613.